The van der Waals surface area contributed by atoms with E-state index in [1.807, 2.05) is 0 Å². The highest BCUT2D eigenvalue weighted by Gasteiger charge is 2.39. The molecule has 1 fully saturated rings. The summed E-state index contributed by atoms with van der Waals surface area (Å²) in [4.78, 5) is 28.4. The molecule has 2 aliphatic rings. The summed E-state index contributed by atoms with van der Waals surface area (Å²) in [5.74, 6) is -1.37. The van der Waals surface area contributed by atoms with Gasteiger partial charge < -0.3 is 30.0 Å². The highest BCUT2D eigenvalue weighted by molar-refractivity contribution is 7.59. The van der Waals surface area contributed by atoms with Crippen molar-refractivity contribution >= 4 is 55.3 Å². The number of halogens is 4. The normalized spacial score (nSPS) is 16.1. The van der Waals surface area contributed by atoms with Crippen molar-refractivity contribution in [1.82, 2.24) is 30.0 Å². The van der Waals surface area contributed by atoms with Gasteiger partial charge in [0.05, 0.1) is 35.2 Å². The van der Waals surface area contributed by atoms with Crippen LogP contribution in [0.2, 0.25) is 0 Å². The summed E-state index contributed by atoms with van der Waals surface area (Å²) in [6.07, 6.45) is -0.461. The van der Waals surface area contributed by atoms with E-state index in [2.05, 4.69) is 43.5 Å². The second kappa shape index (κ2) is 18.3. The smallest absolute Gasteiger partial charge is 0.418 e. The molecular weight excluding hydrogens is 683 g/mol. The molecule has 49 heavy (non-hydrogen) atoms. The second-order valence-electron chi connectivity index (χ2n) is 11.5. The van der Waals surface area contributed by atoms with Gasteiger partial charge in [0.2, 0.25) is 6.54 Å². The number of rotatable bonds is 8. The SMILES string of the molecule is C.Cc1cc2[nH]ncc2c(N2CCc3c(N)nc(OC[C@@H]4CCCN4C)nc3C2)c1C(F)(F)F.S.S.[C-]#[N+]C[C@@H](C)N(CC)C(=O)C(=C)F. The fraction of sp³-hybridized carbons (Fsp3) is 0.531. The summed E-state index contributed by atoms with van der Waals surface area (Å²) < 4.78 is 60.5. The van der Waals surface area contributed by atoms with E-state index in [0.29, 0.717) is 54.6 Å². The van der Waals surface area contributed by atoms with Crippen LogP contribution in [0.3, 0.4) is 0 Å². The van der Waals surface area contributed by atoms with Crippen LogP contribution in [0.15, 0.2) is 24.7 Å². The Balaban J connectivity index is 0.000000648. The Bertz CT molecular complexity index is 1630. The lowest BCUT2D eigenvalue weighted by Crippen LogP contribution is -2.40. The number of likely N-dealkylation sites (tertiary alicyclic amines) is 1. The number of carbonyl (C=O) groups is 1. The van der Waals surface area contributed by atoms with Crippen LogP contribution in [-0.2, 0) is 23.9 Å². The average Bonchev–Trinajstić information content (AvgIpc) is 3.63. The minimum absolute atomic E-state index is 0. The summed E-state index contributed by atoms with van der Waals surface area (Å²) >= 11 is 0. The molecular formula is C32H47F4N9O2S2. The van der Waals surface area contributed by atoms with Crippen molar-refractivity contribution in [2.75, 3.05) is 50.5 Å². The van der Waals surface area contributed by atoms with Gasteiger partial charge in [0.1, 0.15) is 18.5 Å². The van der Waals surface area contributed by atoms with Gasteiger partial charge in [-0.05, 0) is 65.3 Å². The van der Waals surface area contributed by atoms with Gasteiger partial charge in [0, 0.05) is 30.1 Å². The number of nitrogens with one attached hydrogen (secondary N) is 1. The molecule has 1 aromatic carbocycles. The van der Waals surface area contributed by atoms with Gasteiger partial charge in [-0.25, -0.2) is 11.0 Å². The molecule has 11 nitrogen and oxygen atoms in total. The topological polar surface area (TPSA) is 121 Å². The van der Waals surface area contributed by atoms with E-state index in [9.17, 15) is 22.4 Å². The number of likely N-dealkylation sites (N-methyl/N-ethyl adjacent to an activating group) is 2. The number of hydrogen-bond acceptors (Lipinski definition) is 8. The van der Waals surface area contributed by atoms with Gasteiger partial charge in [-0.1, -0.05) is 14.0 Å². The third-order valence-corrected chi connectivity index (χ3v) is 8.39. The fourth-order valence-corrected chi connectivity index (χ4v) is 5.99. The number of carbonyl (C=O) groups excluding carboxylic acids is 1. The molecule has 0 unspecified atom stereocenters. The van der Waals surface area contributed by atoms with E-state index >= 15 is 0 Å². The Morgan fingerprint density at radius 1 is 1.31 bits per heavy atom. The standard InChI is InChI=1S/C22H26F3N7O.C9H13FN2O.CH4.2H2S/c1-12-8-16-15(9-27-30-16)19(18(12)22(23,24)25)32-7-5-14-17(10-32)28-21(29-20(14)26)33-11-13-4-3-6-31(13)2;1-5-12(7(2)6-11-4)9(13)8(3)10;;;/h8-9,13H,3-7,10-11H2,1-2H3,(H,27,30)(H2,26,28,29);7H,3,5-6H2,1-2H3;1H4;2*1H2/t13-;7-;;;/m01.../s1. The van der Waals surface area contributed by atoms with Crippen LogP contribution in [0.4, 0.5) is 29.1 Å². The molecule has 2 atom stereocenters. The first-order valence-corrected chi connectivity index (χ1v) is 15.0. The van der Waals surface area contributed by atoms with Crippen molar-refractivity contribution in [3.63, 3.8) is 0 Å². The largest absolute Gasteiger partial charge is 0.462 e. The van der Waals surface area contributed by atoms with Crippen molar-refractivity contribution in [2.24, 2.45) is 0 Å². The molecule has 1 saturated heterocycles. The molecule has 0 radical (unpaired) electrons. The number of nitrogens with two attached hydrogens (primary N) is 1. The van der Waals surface area contributed by atoms with Crippen LogP contribution >= 0.6 is 27.0 Å². The van der Waals surface area contributed by atoms with Gasteiger partial charge >= 0.3 is 12.2 Å². The Morgan fingerprint density at radius 3 is 2.57 bits per heavy atom. The number of hydrogen-bond donors (Lipinski definition) is 2. The minimum atomic E-state index is -4.50. The lowest BCUT2D eigenvalue weighted by Gasteiger charge is -2.33. The Kier molecular flexibility index (Phi) is 16.2. The zero-order valence-corrected chi connectivity index (χ0v) is 29.4. The molecule has 1 amide bonds. The number of alkyl halides is 3. The van der Waals surface area contributed by atoms with Crippen molar-refractivity contribution in [3.05, 3.63) is 58.5 Å². The summed E-state index contributed by atoms with van der Waals surface area (Å²) in [6.45, 7) is 17.1. The molecule has 0 bridgehead atoms. The van der Waals surface area contributed by atoms with Crippen LogP contribution < -0.4 is 15.4 Å². The number of fused-ring (bicyclic) bond motifs is 2. The first kappa shape index (κ1) is 43.3. The van der Waals surface area contributed by atoms with Gasteiger partial charge in [-0.2, -0.15) is 55.2 Å². The number of nitrogen functional groups attached to an aromatic ring is 1. The lowest BCUT2D eigenvalue weighted by molar-refractivity contribution is -0.137. The first-order chi connectivity index (χ1) is 21.8. The maximum Gasteiger partial charge on any atom is 0.418 e. The van der Waals surface area contributed by atoms with E-state index < -0.39 is 23.5 Å². The monoisotopic (exact) mass is 729 g/mol. The average molecular weight is 730 g/mol. The zero-order valence-electron chi connectivity index (χ0n) is 27.4. The molecule has 2 aromatic heterocycles. The maximum absolute atomic E-state index is 14.1. The predicted octanol–water partition coefficient (Wildman–Crippen LogP) is 5.79. The third-order valence-electron chi connectivity index (χ3n) is 8.39. The van der Waals surface area contributed by atoms with Crippen LogP contribution in [0.25, 0.3) is 15.7 Å². The molecule has 2 aliphatic heterocycles. The summed E-state index contributed by atoms with van der Waals surface area (Å²) in [6, 6.07) is 1.68. The first-order valence-electron chi connectivity index (χ1n) is 15.0. The van der Waals surface area contributed by atoms with Crippen LogP contribution in [0, 0.1) is 13.5 Å². The van der Waals surface area contributed by atoms with Gasteiger partial charge in [-0.3, -0.25) is 9.89 Å². The summed E-state index contributed by atoms with van der Waals surface area (Å²) in [7, 11) is 2.05. The number of aromatic amines is 1. The molecule has 0 saturated carbocycles. The number of H-pyrrole nitrogens is 1. The van der Waals surface area contributed by atoms with E-state index in [0.717, 1.165) is 24.9 Å². The van der Waals surface area contributed by atoms with E-state index in [-0.39, 0.29) is 70.8 Å². The third kappa shape index (κ3) is 9.92. The van der Waals surface area contributed by atoms with Crippen molar-refractivity contribution in [1.29, 1.82) is 0 Å². The molecule has 17 heteroatoms. The highest BCUT2D eigenvalue weighted by atomic mass is 32.1. The lowest BCUT2D eigenvalue weighted by atomic mass is 9.98. The van der Waals surface area contributed by atoms with Crippen LogP contribution in [-0.4, -0.2) is 87.8 Å². The molecule has 0 aliphatic carbocycles. The fourth-order valence-electron chi connectivity index (χ4n) is 5.99. The van der Waals surface area contributed by atoms with Gasteiger partial charge in [0.15, 0.2) is 5.83 Å². The molecule has 0 spiro atoms. The van der Waals surface area contributed by atoms with E-state index in [1.165, 1.54) is 24.1 Å². The van der Waals surface area contributed by atoms with Crippen molar-refractivity contribution in [2.45, 2.75) is 72.3 Å². The molecule has 272 valence electrons. The number of ether oxygens (including phenoxy) is 1. The predicted molar refractivity (Wildman–Crippen MR) is 194 cm³/mol. The van der Waals surface area contributed by atoms with Gasteiger partial charge in [0.25, 0.3) is 5.91 Å². The number of aryl methyl sites for hydroxylation is 1. The Labute approximate surface area is 299 Å². The van der Waals surface area contributed by atoms with Crippen LogP contribution in [0.5, 0.6) is 6.01 Å². The Hall–Kier alpha value is -3.75. The zero-order chi connectivity index (χ0) is 33.8. The molecule has 5 rings (SSSR count). The number of anilines is 2. The maximum atomic E-state index is 14.1. The molecule has 3 aromatic rings. The molecule has 4 heterocycles. The number of amides is 1. The van der Waals surface area contributed by atoms with E-state index in [1.54, 1.807) is 18.7 Å². The number of benzene rings is 1. The van der Waals surface area contributed by atoms with E-state index in [4.69, 9.17) is 17.0 Å². The van der Waals surface area contributed by atoms with Crippen molar-refractivity contribution in [3.8, 4) is 6.01 Å². The van der Waals surface area contributed by atoms with Crippen LogP contribution in [0.1, 0.15) is 56.5 Å². The summed E-state index contributed by atoms with van der Waals surface area (Å²) in [5.41, 5.74) is 7.71. The van der Waals surface area contributed by atoms with Crippen molar-refractivity contribution < 1.29 is 27.1 Å². The van der Waals surface area contributed by atoms with Gasteiger partial charge in [-0.15, -0.1) is 0 Å². The second-order valence-corrected chi connectivity index (χ2v) is 11.5. The minimum Gasteiger partial charge on any atom is -0.462 e. The molecule has 3 N–H and O–H groups in total. The Morgan fingerprint density at radius 2 is 2.00 bits per heavy atom. The highest BCUT2D eigenvalue weighted by Crippen LogP contribution is 2.44. The quantitative estimate of drug-likeness (QED) is 0.170. The summed E-state index contributed by atoms with van der Waals surface area (Å²) in [5, 5.41) is 7.19. The number of nitrogens with zero attached hydrogens (tertiary/aromatic N) is 7. The number of aromatic nitrogens is 4.